The molecule has 0 radical (unpaired) electrons. The van der Waals surface area contributed by atoms with Crippen molar-refractivity contribution in [3.63, 3.8) is 0 Å². The van der Waals surface area contributed by atoms with E-state index in [1.54, 1.807) is 6.07 Å². The van der Waals surface area contributed by atoms with Crippen molar-refractivity contribution in [1.82, 2.24) is 14.5 Å². The summed E-state index contributed by atoms with van der Waals surface area (Å²) in [6, 6.07) is 10.5. The second kappa shape index (κ2) is 4.59. The molecule has 0 aliphatic heterocycles. The topological polar surface area (TPSA) is 33.6 Å². The SMILES string of the molecule is Cc1cccc(Cn2c(=S)[nH]c3cc(F)ccc32)n1. The van der Waals surface area contributed by atoms with Crippen molar-refractivity contribution >= 4 is 23.3 Å². The summed E-state index contributed by atoms with van der Waals surface area (Å²) in [6.07, 6.45) is 0. The number of aromatic nitrogens is 3. The summed E-state index contributed by atoms with van der Waals surface area (Å²) in [7, 11) is 0. The highest BCUT2D eigenvalue weighted by Crippen LogP contribution is 2.16. The van der Waals surface area contributed by atoms with Gasteiger partial charge in [0.15, 0.2) is 4.77 Å². The summed E-state index contributed by atoms with van der Waals surface area (Å²) in [5, 5.41) is 0. The van der Waals surface area contributed by atoms with Crippen LogP contribution in [-0.2, 0) is 6.54 Å². The van der Waals surface area contributed by atoms with Crippen LogP contribution in [0, 0.1) is 17.5 Å². The van der Waals surface area contributed by atoms with E-state index in [2.05, 4.69) is 9.97 Å². The first-order valence-electron chi connectivity index (χ1n) is 5.94. The lowest BCUT2D eigenvalue weighted by Crippen LogP contribution is -2.02. The Morgan fingerprint density at radius 3 is 2.95 bits per heavy atom. The number of imidazole rings is 1. The van der Waals surface area contributed by atoms with Crippen LogP contribution in [0.25, 0.3) is 11.0 Å². The fourth-order valence-electron chi connectivity index (χ4n) is 2.14. The van der Waals surface area contributed by atoms with E-state index in [1.165, 1.54) is 12.1 Å². The van der Waals surface area contributed by atoms with Crippen LogP contribution in [0.2, 0.25) is 0 Å². The number of nitrogens with zero attached hydrogens (tertiary/aromatic N) is 2. The van der Waals surface area contributed by atoms with Crippen LogP contribution in [0.4, 0.5) is 4.39 Å². The van der Waals surface area contributed by atoms with E-state index in [1.807, 2.05) is 29.7 Å². The molecule has 96 valence electrons. The van der Waals surface area contributed by atoms with Crippen molar-refractivity contribution in [3.05, 3.63) is 58.4 Å². The van der Waals surface area contributed by atoms with E-state index < -0.39 is 0 Å². The maximum Gasteiger partial charge on any atom is 0.178 e. The maximum absolute atomic E-state index is 13.2. The minimum atomic E-state index is -0.274. The Balaban J connectivity index is 2.10. The van der Waals surface area contributed by atoms with Gasteiger partial charge in [0, 0.05) is 5.69 Å². The van der Waals surface area contributed by atoms with Gasteiger partial charge in [-0.25, -0.2) is 4.39 Å². The quantitative estimate of drug-likeness (QED) is 0.724. The summed E-state index contributed by atoms with van der Waals surface area (Å²) in [5.74, 6) is -0.274. The first-order valence-corrected chi connectivity index (χ1v) is 6.35. The second-order valence-electron chi connectivity index (χ2n) is 4.45. The van der Waals surface area contributed by atoms with Gasteiger partial charge in [-0.1, -0.05) is 6.07 Å². The summed E-state index contributed by atoms with van der Waals surface area (Å²) < 4.78 is 15.7. The molecule has 0 aliphatic carbocycles. The molecule has 0 fully saturated rings. The molecule has 1 N–H and O–H groups in total. The first-order chi connectivity index (χ1) is 9.13. The third kappa shape index (κ3) is 2.29. The normalized spacial score (nSPS) is 11.1. The molecular weight excluding hydrogens is 261 g/mol. The van der Waals surface area contributed by atoms with Crippen LogP contribution in [0.5, 0.6) is 0 Å². The van der Waals surface area contributed by atoms with E-state index in [9.17, 15) is 4.39 Å². The largest absolute Gasteiger partial charge is 0.330 e. The number of aryl methyl sites for hydroxylation is 1. The standard InChI is InChI=1S/C14H12FN3S/c1-9-3-2-4-11(16-9)8-18-13-6-5-10(15)7-12(13)17-14(18)19/h2-7H,8H2,1H3,(H,17,19). The van der Waals surface area contributed by atoms with Crippen molar-refractivity contribution in [2.75, 3.05) is 0 Å². The molecule has 2 heterocycles. The molecule has 0 amide bonds. The van der Waals surface area contributed by atoms with Gasteiger partial charge in [-0.2, -0.15) is 0 Å². The molecule has 3 nitrogen and oxygen atoms in total. The number of hydrogen-bond acceptors (Lipinski definition) is 2. The predicted molar refractivity (Wildman–Crippen MR) is 75.2 cm³/mol. The molecule has 0 atom stereocenters. The number of benzene rings is 1. The Bertz CT molecular complexity index is 804. The summed E-state index contributed by atoms with van der Waals surface area (Å²) >= 11 is 5.29. The Labute approximate surface area is 114 Å². The van der Waals surface area contributed by atoms with E-state index in [0.29, 0.717) is 16.8 Å². The monoisotopic (exact) mass is 273 g/mol. The van der Waals surface area contributed by atoms with Gasteiger partial charge in [-0.15, -0.1) is 0 Å². The smallest absolute Gasteiger partial charge is 0.178 e. The van der Waals surface area contributed by atoms with Crippen LogP contribution in [0.3, 0.4) is 0 Å². The van der Waals surface area contributed by atoms with Crippen molar-refractivity contribution < 1.29 is 4.39 Å². The lowest BCUT2D eigenvalue weighted by Gasteiger charge is -2.05. The Hall–Kier alpha value is -2.01. The average Bonchev–Trinajstić information content (AvgIpc) is 2.65. The van der Waals surface area contributed by atoms with Gasteiger partial charge in [0.05, 0.1) is 23.3 Å². The molecular formula is C14H12FN3S. The number of aromatic amines is 1. The number of rotatable bonds is 2. The summed E-state index contributed by atoms with van der Waals surface area (Å²) in [4.78, 5) is 7.47. The van der Waals surface area contributed by atoms with E-state index in [0.717, 1.165) is 16.9 Å². The average molecular weight is 273 g/mol. The first kappa shape index (κ1) is 12.0. The second-order valence-corrected chi connectivity index (χ2v) is 4.83. The van der Waals surface area contributed by atoms with E-state index in [4.69, 9.17) is 12.2 Å². The molecule has 3 rings (SSSR count). The zero-order chi connectivity index (χ0) is 13.4. The van der Waals surface area contributed by atoms with E-state index in [-0.39, 0.29) is 5.82 Å². The minimum Gasteiger partial charge on any atom is -0.330 e. The molecule has 5 heteroatoms. The molecule has 0 aliphatic rings. The van der Waals surface area contributed by atoms with Gasteiger partial charge in [0.2, 0.25) is 0 Å². The van der Waals surface area contributed by atoms with E-state index >= 15 is 0 Å². The highest BCUT2D eigenvalue weighted by Gasteiger charge is 2.06. The maximum atomic E-state index is 13.2. The Morgan fingerprint density at radius 1 is 1.32 bits per heavy atom. The van der Waals surface area contributed by atoms with Crippen LogP contribution in [0.1, 0.15) is 11.4 Å². The number of pyridine rings is 1. The molecule has 2 aromatic heterocycles. The summed E-state index contributed by atoms with van der Waals surface area (Å²) in [6.45, 7) is 2.53. The lowest BCUT2D eigenvalue weighted by molar-refractivity contribution is 0.629. The number of halogens is 1. The molecule has 0 bridgehead atoms. The molecule has 0 saturated carbocycles. The third-order valence-corrected chi connectivity index (χ3v) is 3.32. The number of nitrogens with one attached hydrogen (secondary N) is 1. The number of hydrogen-bond donors (Lipinski definition) is 1. The van der Waals surface area contributed by atoms with Crippen LogP contribution >= 0.6 is 12.2 Å². The zero-order valence-corrected chi connectivity index (χ0v) is 11.2. The fourth-order valence-corrected chi connectivity index (χ4v) is 2.42. The Morgan fingerprint density at radius 2 is 2.16 bits per heavy atom. The van der Waals surface area contributed by atoms with Crippen LogP contribution < -0.4 is 0 Å². The highest BCUT2D eigenvalue weighted by molar-refractivity contribution is 7.71. The molecule has 1 aromatic carbocycles. The molecule has 19 heavy (non-hydrogen) atoms. The number of H-pyrrole nitrogens is 1. The van der Waals surface area contributed by atoms with Gasteiger partial charge in [0.25, 0.3) is 0 Å². The van der Waals surface area contributed by atoms with Gasteiger partial charge in [-0.05, 0) is 49.5 Å². The number of fused-ring (bicyclic) bond motifs is 1. The minimum absolute atomic E-state index is 0.274. The summed E-state index contributed by atoms with van der Waals surface area (Å²) in [5.41, 5.74) is 3.49. The molecule has 0 unspecified atom stereocenters. The predicted octanol–water partition coefficient (Wildman–Crippen LogP) is 3.59. The third-order valence-electron chi connectivity index (χ3n) is 3.00. The molecule has 0 saturated heterocycles. The van der Waals surface area contributed by atoms with Gasteiger partial charge in [0.1, 0.15) is 5.82 Å². The van der Waals surface area contributed by atoms with Crippen molar-refractivity contribution in [2.24, 2.45) is 0 Å². The van der Waals surface area contributed by atoms with Gasteiger partial charge in [-0.3, -0.25) is 4.98 Å². The van der Waals surface area contributed by atoms with Crippen LogP contribution in [-0.4, -0.2) is 14.5 Å². The zero-order valence-electron chi connectivity index (χ0n) is 10.4. The molecule has 0 spiro atoms. The molecule has 3 aromatic rings. The van der Waals surface area contributed by atoms with Crippen molar-refractivity contribution in [1.29, 1.82) is 0 Å². The fraction of sp³-hybridized carbons (Fsp3) is 0.143. The van der Waals surface area contributed by atoms with Gasteiger partial charge >= 0.3 is 0 Å². The lowest BCUT2D eigenvalue weighted by atomic mass is 10.3. The highest BCUT2D eigenvalue weighted by atomic mass is 32.1. The van der Waals surface area contributed by atoms with Crippen LogP contribution in [0.15, 0.2) is 36.4 Å². The van der Waals surface area contributed by atoms with Crippen molar-refractivity contribution in [3.8, 4) is 0 Å². The van der Waals surface area contributed by atoms with Gasteiger partial charge < -0.3 is 9.55 Å². The Kier molecular flexibility index (Phi) is 2.91. The van der Waals surface area contributed by atoms with Crippen molar-refractivity contribution in [2.45, 2.75) is 13.5 Å².